The van der Waals surface area contributed by atoms with Gasteiger partial charge in [-0.2, -0.15) is 0 Å². The van der Waals surface area contributed by atoms with Crippen LogP contribution in [0.4, 0.5) is 0 Å². The molecule has 0 radical (unpaired) electrons. The lowest BCUT2D eigenvalue weighted by atomic mass is 10.1. The van der Waals surface area contributed by atoms with Crippen LogP contribution in [0.15, 0.2) is 22.6 Å². The number of nitrogens with one attached hydrogen (secondary N) is 1. The maximum atomic E-state index is 13.2. The largest absolute Gasteiger partial charge is 0.353 e. The number of fused-ring (bicyclic) bond motifs is 3. The summed E-state index contributed by atoms with van der Waals surface area (Å²) in [4.78, 5) is 32.3. The number of thiophene rings is 1. The van der Waals surface area contributed by atoms with E-state index in [4.69, 9.17) is 4.98 Å². The van der Waals surface area contributed by atoms with Crippen molar-refractivity contribution in [3.8, 4) is 0 Å². The van der Waals surface area contributed by atoms with Gasteiger partial charge in [-0.15, -0.1) is 17.9 Å². The molecule has 5 nitrogen and oxygen atoms in total. The van der Waals surface area contributed by atoms with Gasteiger partial charge in [0.1, 0.15) is 4.83 Å². The van der Waals surface area contributed by atoms with Gasteiger partial charge in [-0.25, -0.2) is 4.98 Å². The Bertz CT molecular complexity index is 901. The van der Waals surface area contributed by atoms with Crippen molar-refractivity contribution in [2.24, 2.45) is 0 Å². The highest BCUT2D eigenvalue weighted by atomic mass is 32.2. The molecular formula is C20H27N3O2S2. The van der Waals surface area contributed by atoms with Gasteiger partial charge in [-0.3, -0.25) is 14.2 Å². The van der Waals surface area contributed by atoms with Crippen molar-refractivity contribution in [3.05, 3.63) is 33.4 Å². The Morgan fingerprint density at radius 3 is 2.93 bits per heavy atom. The smallest absolute Gasteiger partial charge is 0.263 e. The van der Waals surface area contributed by atoms with Crippen LogP contribution in [0.2, 0.25) is 0 Å². The summed E-state index contributed by atoms with van der Waals surface area (Å²) in [5, 5.41) is 4.34. The third-order valence-electron chi connectivity index (χ3n) is 4.95. The third-order valence-corrected chi connectivity index (χ3v) is 7.12. The number of hydrogen-bond acceptors (Lipinski definition) is 5. The average molecular weight is 406 g/mol. The highest BCUT2D eigenvalue weighted by Crippen LogP contribution is 2.34. The number of amides is 1. The van der Waals surface area contributed by atoms with Crippen molar-refractivity contribution >= 4 is 39.2 Å². The van der Waals surface area contributed by atoms with Crippen molar-refractivity contribution in [1.29, 1.82) is 0 Å². The van der Waals surface area contributed by atoms with Gasteiger partial charge in [-0.1, -0.05) is 31.2 Å². The van der Waals surface area contributed by atoms with Crippen LogP contribution in [0.1, 0.15) is 50.0 Å². The number of hydrogen-bond donors (Lipinski definition) is 1. The monoisotopic (exact) mass is 405 g/mol. The molecule has 0 saturated carbocycles. The first-order valence-corrected chi connectivity index (χ1v) is 11.4. The molecule has 0 aliphatic heterocycles. The number of carbonyl (C=O) groups excluding carboxylic acids is 1. The molecule has 1 amide bonds. The van der Waals surface area contributed by atoms with Gasteiger partial charge in [0.15, 0.2) is 5.16 Å². The summed E-state index contributed by atoms with van der Waals surface area (Å²) < 4.78 is 1.66. The Morgan fingerprint density at radius 1 is 1.41 bits per heavy atom. The lowest BCUT2D eigenvalue weighted by Crippen LogP contribution is -2.33. The molecule has 2 aromatic heterocycles. The molecule has 3 rings (SSSR count). The van der Waals surface area contributed by atoms with Crippen LogP contribution in [0.3, 0.4) is 0 Å². The first kappa shape index (κ1) is 20.1. The van der Waals surface area contributed by atoms with Crippen LogP contribution < -0.4 is 10.9 Å². The number of aryl methyl sites for hydroxylation is 2. The van der Waals surface area contributed by atoms with Crippen molar-refractivity contribution in [2.75, 3.05) is 5.75 Å². The van der Waals surface area contributed by atoms with E-state index in [-0.39, 0.29) is 23.3 Å². The highest BCUT2D eigenvalue weighted by molar-refractivity contribution is 7.99. The summed E-state index contributed by atoms with van der Waals surface area (Å²) in [7, 11) is 0. The van der Waals surface area contributed by atoms with E-state index in [1.165, 1.54) is 35.0 Å². The Kier molecular flexibility index (Phi) is 6.76. The topological polar surface area (TPSA) is 64.0 Å². The van der Waals surface area contributed by atoms with Crippen LogP contribution in [0.25, 0.3) is 10.2 Å². The van der Waals surface area contributed by atoms with Gasteiger partial charge in [0.2, 0.25) is 5.91 Å². The Morgan fingerprint density at radius 2 is 2.19 bits per heavy atom. The zero-order chi connectivity index (χ0) is 19.4. The molecule has 1 aliphatic carbocycles. The molecule has 146 valence electrons. The minimum atomic E-state index is -0.0317. The van der Waals surface area contributed by atoms with Crippen LogP contribution in [0.5, 0.6) is 0 Å². The van der Waals surface area contributed by atoms with E-state index >= 15 is 0 Å². The van der Waals surface area contributed by atoms with Gasteiger partial charge in [0, 0.05) is 17.5 Å². The van der Waals surface area contributed by atoms with E-state index in [9.17, 15) is 9.59 Å². The molecule has 0 unspecified atom stereocenters. The van der Waals surface area contributed by atoms with Gasteiger partial charge in [0.25, 0.3) is 5.56 Å². The molecule has 27 heavy (non-hydrogen) atoms. The molecule has 0 saturated heterocycles. The maximum absolute atomic E-state index is 13.2. The maximum Gasteiger partial charge on any atom is 0.263 e. The van der Waals surface area contributed by atoms with Gasteiger partial charge in [-0.05, 0) is 44.6 Å². The van der Waals surface area contributed by atoms with E-state index in [0.29, 0.717) is 11.7 Å². The van der Waals surface area contributed by atoms with E-state index in [2.05, 4.69) is 11.9 Å². The first-order valence-electron chi connectivity index (χ1n) is 9.63. The first-order chi connectivity index (χ1) is 13.0. The second-order valence-electron chi connectivity index (χ2n) is 7.01. The van der Waals surface area contributed by atoms with Crippen LogP contribution in [-0.2, 0) is 24.2 Å². The summed E-state index contributed by atoms with van der Waals surface area (Å²) >= 11 is 2.98. The molecule has 1 atom stereocenters. The zero-order valence-electron chi connectivity index (χ0n) is 16.0. The predicted molar refractivity (Wildman–Crippen MR) is 114 cm³/mol. The molecule has 0 bridgehead atoms. The predicted octanol–water partition coefficient (Wildman–Crippen LogP) is 3.92. The highest BCUT2D eigenvalue weighted by Gasteiger charge is 2.21. The number of carbonyl (C=O) groups is 1. The Balaban J connectivity index is 1.95. The summed E-state index contributed by atoms with van der Waals surface area (Å²) in [6.07, 6.45) is 8.13. The Hall–Kier alpha value is -1.60. The fraction of sp³-hybridized carbons (Fsp3) is 0.550. The fourth-order valence-corrected chi connectivity index (χ4v) is 5.47. The summed E-state index contributed by atoms with van der Waals surface area (Å²) in [6.45, 7) is 8.21. The molecular weight excluding hydrogens is 378 g/mol. The van der Waals surface area contributed by atoms with Gasteiger partial charge in [0.05, 0.1) is 11.1 Å². The minimum absolute atomic E-state index is 0.00383. The lowest BCUT2D eigenvalue weighted by Gasteiger charge is -2.13. The summed E-state index contributed by atoms with van der Waals surface area (Å²) in [6, 6.07) is 0.150. The van der Waals surface area contributed by atoms with Crippen LogP contribution >= 0.6 is 23.1 Å². The van der Waals surface area contributed by atoms with Crippen molar-refractivity contribution in [1.82, 2.24) is 14.9 Å². The average Bonchev–Trinajstić information content (AvgIpc) is 2.83. The summed E-state index contributed by atoms with van der Waals surface area (Å²) in [5.74, 6) is 0.223. The van der Waals surface area contributed by atoms with Crippen molar-refractivity contribution < 1.29 is 4.79 Å². The minimum Gasteiger partial charge on any atom is -0.353 e. The number of nitrogens with zero attached hydrogens (tertiary/aromatic N) is 2. The normalized spacial score (nSPS) is 15.2. The van der Waals surface area contributed by atoms with Gasteiger partial charge >= 0.3 is 0 Å². The number of allylic oxidation sites excluding steroid dienone is 1. The quantitative estimate of drug-likeness (QED) is 0.328. The second-order valence-corrected chi connectivity index (χ2v) is 9.04. The molecule has 7 heteroatoms. The van der Waals surface area contributed by atoms with E-state index in [1.54, 1.807) is 22.0 Å². The lowest BCUT2D eigenvalue weighted by molar-refractivity contribution is -0.119. The van der Waals surface area contributed by atoms with E-state index in [0.717, 1.165) is 35.9 Å². The van der Waals surface area contributed by atoms with E-state index < -0.39 is 0 Å². The molecule has 2 aromatic rings. The fourth-order valence-electron chi connectivity index (χ4n) is 3.35. The van der Waals surface area contributed by atoms with Gasteiger partial charge < -0.3 is 5.32 Å². The number of rotatable bonds is 7. The third kappa shape index (κ3) is 4.46. The van der Waals surface area contributed by atoms with Crippen molar-refractivity contribution in [3.63, 3.8) is 0 Å². The van der Waals surface area contributed by atoms with Crippen molar-refractivity contribution in [2.45, 2.75) is 70.1 Å². The summed E-state index contributed by atoms with van der Waals surface area (Å²) in [5.41, 5.74) is 1.21. The van der Waals surface area contributed by atoms with E-state index in [1.807, 2.05) is 13.8 Å². The molecule has 2 heterocycles. The molecule has 0 fully saturated rings. The number of aromatic nitrogens is 2. The molecule has 1 N–H and O–H groups in total. The Labute approximate surface area is 168 Å². The second kappa shape index (κ2) is 9.06. The standard InChI is InChI=1S/C20H27N3O2S2/c1-4-11-23-19(25)17-14-9-7-6-8-10-15(14)27-18(17)22-20(23)26-12-16(24)21-13(3)5-2/h4,13H,1,5-12H2,2-3H3,(H,21,24)/t13-/m0/s1. The number of thioether (sulfide) groups is 1. The molecule has 0 aromatic carbocycles. The SMILES string of the molecule is C=CCn1c(SCC(=O)N[C@@H](C)CC)nc2sc3c(c2c1=O)CCCCC3. The van der Waals surface area contributed by atoms with Crippen LogP contribution in [0, 0.1) is 0 Å². The zero-order valence-corrected chi connectivity index (χ0v) is 17.7. The molecule has 1 aliphatic rings. The molecule has 0 spiro atoms. The van der Waals surface area contributed by atoms with Crippen LogP contribution in [-0.4, -0.2) is 27.3 Å².